The fraction of sp³-hybridized carbons (Fsp3) is 0.125. The van der Waals surface area contributed by atoms with Crippen LogP contribution in [0.2, 0.25) is 5.02 Å². The first-order chi connectivity index (χ1) is 15.4. The lowest BCUT2D eigenvalue weighted by Crippen LogP contribution is -2.33. The highest BCUT2D eigenvalue weighted by Crippen LogP contribution is 2.38. The highest BCUT2D eigenvalue weighted by atomic mass is 35.5. The molecule has 0 radical (unpaired) electrons. The van der Waals surface area contributed by atoms with Gasteiger partial charge in [0.25, 0.3) is 0 Å². The maximum atomic E-state index is 12.3. The smallest absolute Gasteiger partial charge is 0.249 e. The number of hydrogen-bond acceptors (Lipinski definition) is 4. The molecule has 0 unspecified atom stereocenters. The fourth-order valence-corrected chi connectivity index (χ4v) is 4.40. The normalized spacial score (nSPS) is 11.9. The van der Waals surface area contributed by atoms with Gasteiger partial charge in [0, 0.05) is 36.1 Å². The number of aromatic nitrogens is 5. The largest absolute Gasteiger partial charge is 0.373 e. The molecular formula is C24H20ClN5O2. The predicted molar refractivity (Wildman–Crippen MR) is 124 cm³/mol. The van der Waals surface area contributed by atoms with Crippen molar-refractivity contribution >= 4 is 22.5 Å². The zero-order valence-corrected chi connectivity index (χ0v) is 18.2. The van der Waals surface area contributed by atoms with E-state index in [0.29, 0.717) is 27.5 Å². The first-order valence-corrected chi connectivity index (χ1v) is 10.3. The lowest BCUT2D eigenvalue weighted by molar-refractivity contribution is 0.109. The molecule has 7 nitrogen and oxygen atoms in total. The van der Waals surface area contributed by atoms with Crippen LogP contribution < -0.4 is 5.56 Å². The summed E-state index contributed by atoms with van der Waals surface area (Å²) in [5.41, 5.74) is 2.27. The molecule has 2 aromatic carbocycles. The Morgan fingerprint density at radius 3 is 2.25 bits per heavy atom. The van der Waals surface area contributed by atoms with E-state index in [1.807, 2.05) is 38.4 Å². The van der Waals surface area contributed by atoms with Crippen molar-refractivity contribution in [2.75, 3.05) is 0 Å². The molecule has 5 aromatic rings. The molecule has 0 saturated carbocycles. The molecule has 0 aliphatic heterocycles. The molecule has 0 aliphatic rings. The second-order valence-corrected chi connectivity index (χ2v) is 8.24. The van der Waals surface area contributed by atoms with Gasteiger partial charge in [0.2, 0.25) is 5.56 Å². The second kappa shape index (κ2) is 7.47. The quantitative estimate of drug-likeness (QED) is 0.442. The summed E-state index contributed by atoms with van der Waals surface area (Å²) in [4.78, 5) is 23.7. The summed E-state index contributed by atoms with van der Waals surface area (Å²) in [7, 11) is 3.67. The Hall–Kier alpha value is -3.68. The van der Waals surface area contributed by atoms with Crippen LogP contribution >= 0.6 is 11.6 Å². The van der Waals surface area contributed by atoms with Crippen molar-refractivity contribution in [2.24, 2.45) is 14.1 Å². The third-order valence-electron chi connectivity index (χ3n) is 5.77. The Bertz CT molecular complexity index is 1470. The van der Waals surface area contributed by atoms with E-state index in [1.54, 1.807) is 58.4 Å². The average molecular weight is 446 g/mol. The molecule has 0 bridgehead atoms. The van der Waals surface area contributed by atoms with Gasteiger partial charge in [-0.25, -0.2) is 9.97 Å². The summed E-state index contributed by atoms with van der Waals surface area (Å²) >= 11 is 6.21. The van der Waals surface area contributed by atoms with Gasteiger partial charge in [-0.1, -0.05) is 29.8 Å². The minimum Gasteiger partial charge on any atom is -0.373 e. The van der Waals surface area contributed by atoms with Crippen molar-refractivity contribution in [3.8, 4) is 11.1 Å². The summed E-state index contributed by atoms with van der Waals surface area (Å²) in [5, 5.41) is 13.5. The van der Waals surface area contributed by atoms with Gasteiger partial charge in [-0.2, -0.15) is 0 Å². The van der Waals surface area contributed by atoms with Crippen molar-refractivity contribution in [2.45, 2.75) is 5.60 Å². The summed E-state index contributed by atoms with van der Waals surface area (Å²) in [6.45, 7) is 0. The van der Waals surface area contributed by atoms with Gasteiger partial charge in [-0.3, -0.25) is 4.79 Å². The molecule has 160 valence electrons. The minimum atomic E-state index is -1.52. The molecule has 0 fully saturated rings. The monoisotopic (exact) mass is 445 g/mol. The number of H-pyrrole nitrogens is 1. The lowest BCUT2D eigenvalue weighted by atomic mass is 9.85. The maximum absolute atomic E-state index is 12.3. The van der Waals surface area contributed by atoms with E-state index in [4.69, 9.17) is 11.6 Å². The number of rotatable bonds is 4. The van der Waals surface area contributed by atoms with Crippen molar-refractivity contribution in [1.29, 1.82) is 0 Å². The first kappa shape index (κ1) is 20.2. The van der Waals surface area contributed by atoms with E-state index in [1.165, 1.54) is 0 Å². The number of pyridine rings is 1. The molecule has 32 heavy (non-hydrogen) atoms. The molecule has 0 saturated heterocycles. The molecule has 0 spiro atoms. The first-order valence-electron chi connectivity index (χ1n) is 9.97. The Kier molecular flexibility index (Phi) is 4.73. The highest BCUT2D eigenvalue weighted by Gasteiger charge is 2.39. The standard InChI is InChI=1S/C24H20ClN5O2/c1-29-13-26-11-21(29)24(32,22-12-27-14-30(22)2)16-6-7-20-19(9-16)18(10-23(31)28-20)15-4-3-5-17(25)8-15/h3-14,32H,1-2H3,(H,28,31). The van der Waals surface area contributed by atoms with E-state index >= 15 is 0 Å². The number of fused-ring (bicyclic) bond motifs is 1. The van der Waals surface area contributed by atoms with Gasteiger partial charge < -0.3 is 19.2 Å². The van der Waals surface area contributed by atoms with Gasteiger partial charge in [0.1, 0.15) is 0 Å². The van der Waals surface area contributed by atoms with Crippen molar-refractivity contribution in [1.82, 2.24) is 24.1 Å². The van der Waals surface area contributed by atoms with Gasteiger partial charge in [-0.15, -0.1) is 0 Å². The summed E-state index contributed by atoms with van der Waals surface area (Å²) in [6, 6.07) is 14.4. The summed E-state index contributed by atoms with van der Waals surface area (Å²) < 4.78 is 3.56. The van der Waals surface area contributed by atoms with Crippen LogP contribution in [0.15, 0.2) is 78.4 Å². The van der Waals surface area contributed by atoms with Crippen LogP contribution in [0.1, 0.15) is 17.0 Å². The number of nitrogens with one attached hydrogen (secondary N) is 1. The fourth-order valence-electron chi connectivity index (χ4n) is 4.21. The third-order valence-corrected chi connectivity index (χ3v) is 6.01. The molecule has 3 aromatic heterocycles. The van der Waals surface area contributed by atoms with Crippen LogP contribution in [-0.4, -0.2) is 29.2 Å². The van der Waals surface area contributed by atoms with Gasteiger partial charge in [0.05, 0.1) is 36.4 Å². The topological polar surface area (TPSA) is 88.7 Å². The van der Waals surface area contributed by atoms with Crippen molar-refractivity contribution < 1.29 is 5.11 Å². The van der Waals surface area contributed by atoms with Gasteiger partial charge in [0.15, 0.2) is 5.60 Å². The van der Waals surface area contributed by atoms with E-state index in [-0.39, 0.29) is 5.56 Å². The molecule has 0 amide bonds. The van der Waals surface area contributed by atoms with Crippen LogP contribution in [0.5, 0.6) is 0 Å². The van der Waals surface area contributed by atoms with Gasteiger partial charge >= 0.3 is 0 Å². The molecular weight excluding hydrogens is 426 g/mol. The van der Waals surface area contributed by atoms with E-state index in [2.05, 4.69) is 15.0 Å². The van der Waals surface area contributed by atoms with Crippen LogP contribution in [0.4, 0.5) is 0 Å². The van der Waals surface area contributed by atoms with E-state index < -0.39 is 5.60 Å². The van der Waals surface area contributed by atoms with Crippen LogP contribution in [0.25, 0.3) is 22.0 Å². The number of aryl methyl sites for hydroxylation is 2. The summed E-state index contributed by atoms with van der Waals surface area (Å²) in [6.07, 6.45) is 6.57. The number of aromatic amines is 1. The molecule has 0 atom stereocenters. The molecule has 3 heterocycles. The Morgan fingerprint density at radius 1 is 0.969 bits per heavy atom. The SMILES string of the molecule is Cn1cncc1C(O)(c1ccc2[nH]c(=O)cc(-c3cccc(Cl)c3)c2c1)c1cncn1C. The van der Waals surface area contributed by atoms with E-state index in [9.17, 15) is 9.90 Å². The second-order valence-electron chi connectivity index (χ2n) is 7.81. The number of halogens is 1. The van der Waals surface area contributed by atoms with Crippen LogP contribution in [-0.2, 0) is 19.7 Å². The van der Waals surface area contributed by atoms with Crippen LogP contribution in [0, 0.1) is 0 Å². The molecule has 2 N–H and O–H groups in total. The number of nitrogens with zero attached hydrogens (tertiary/aromatic N) is 4. The molecule has 0 aliphatic carbocycles. The van der Waals surface area contributed by atoms with E-state index in [0.717, 1.165) is 16.5 Å². The molecule has 5 rings (SSSR count). The number of imidazole rings is 2. The Balaban J connectivity index is 1.83. The zero-order valence-electron chi connectivity index (χ0n) is 17.5. The zero-order chi connectivity index (χ0) is 22.5. The third kappa shape index (κ3) is 3.14. The number of aliphatic hydroxyl groups is 1. The number of benzene rings is 2. The molecule has 8 heteroatoms. The van der Waals surface area contributed by atoms with Crippen molar-refractivity contribution in [3.05, 3.63) is 106 Å². The summed E-state index contributed by atoms with van der Waals surface area (Å²) in [5.74, 6) is 0. The van der Waals surface area contributed by atoms with Crippen LogP contribution in [0.3, 0.4) is 0 Å². The highest BCUT2D eigenvalue weighted by molar-refractivity contribution is 6.30. The Labute approximate surface area is 188 Å². The Morgan fingerprint density at radius 2 is 1.66 bits per heavy atom. The average Bonchev–Trinajstić information content (AvgIpc) is 3.41. The van der Waals surface area contributed by atoms with Gasteiger partial charge in [-0.05, 0) is 41.0 Å². The maximum Gasteiger partial charge on any atom is 0.249 e. The minimum absolute atomic E-state index is 0.214. The number of hydrogen-bond donors (Lipinski definition) is 2. The predicted octanol–water partition coefficient (Wildman–Crippen LogP) is 3.60. The van der Waals surface area contributed by atoms with Crippen molar-refractivity contribution in [3.63, 3.8) is 0 Å². The lowest BCUT2D eigenvalue weighted by Gasteiger charge is -2.29.